The number of nitrogens with one attached hydrogen (secondary N) is 1. The Labute approximate surface area is 98.6 Å². The minimum absolute atomic E-state index is 0.208. The Balaban J connectivity index is 4.45. The Morgan fingerprint density at radius 1 is 1.31 bits per heavy atom. The van der Waals surface area contributed by atoms with Gasteiger partial charge in [-0.3, -0.25) is 4.79 Å². The normalized spacial score (nSPS) is 15.1. The third-order valence-electron chi connectivity index (χ3n) is 3.03. The van der Waals surface area contributed by atoms with E-state index in [4.69, 9.17) is 5.73 Å². The average Bonchev–Trinajstić information content (AvgIpc) is 1.99. The van der Waals surface area contributed by atoms with Crippen molar-refractivity contribution in [3.8, 4) is 0 Å². The van der Waals surface area contributed by atoms with Crippen LogP contribution in [0.5, 0.6) is 0 Å². The zero-order valence-electron chi connectivity index (χ0n) is 11.3. The molecule has 0 rings (SSSR count). The summed E-state index contributed by atoms with van der Waals surface area (Å²) < 4.78 is 0. The number of hydrogen-bond donors (Lipinski definition) is 3. The molecule has 0 aliphatic heterocycles. The first-order valence-electron chi connectivity index (χ1n) is 5.77. The van der Waals surface area contributed by atoms with E-state index in [1.54, 1.807) is 27.7 Å². The maximum absolute atomic E-state index is 11.8. The van der Waals surface area contributed by atoms with Crippen LogP contribution in [0.3, 0.4) is 0 Å². The van der Waals surface area contributed by atoms with Crippen molar-refractivity contribution in [1.82, 2.24) is 5.32 Å². The number of carbonyl (C=O) groups excluding carboxylic acids is 1. The lowest BCUT2D eigenvalue weighted by molar-refractivity contribution is -0.127. The monoisotopic (exact) mass is 230 g/mol. The van der Waals surface area contributed by atoms with E-state index >= 15 is 0 Å². The van der Waals surface area contributed by atoms with Gasteiger partial charge < -0.3 is 16.2 Å². The molecule has 1 amide bonds. The van der Waals surface area contributed by atoms with Crippen LogP contribution in [-0.2, 0) is 4.79 Å². The van der Waals surface area contributed by atoms with Gasteiger partial charge in [0.1, 0.15) is 0 Å². The molecule has 4 nitrogen and oxygen atoms in total. The third kappa shape index (κ3) is 4.49. The van der Waals surface area contributed by atoms with E-state index < -0.39 is 17.2 Å². The van der Waals surface area contributed by atoms with E-state index in [1.165, 1.54) is 0 Å². The Bertz CT molecular complexity index is 242. The Hall–Kier alpha value is -0.610. The fourth-order valence-corrected chi connectivity index (χ4v) is 1.17. The lowest BCUT2D eigenvalue weighted by Gasteiger charge is -2.38. The van der Waals surface area contributed by atoms with Gasteiger partial charge in [-0.2, -0.15) is 0 Å². The molecule has 96 valence electrons. The topological polar surface area (TPSA) is 75.4 Å². The summed E-state index contributed by atoms with van der Waals surface area (Å²) in [7, 11) is 0. The molecule has 0 saturated heterocycles. The third-order valence-corrected chi connectivity index (χ3v) is 3.03. The van der Waals surface area contributed by atoms with Crippen LogP contribution in [0, 0.1) is 5.92 Å². The van der Waals surface area contributed by atoms with Gasteiger partial charge in [-0.05, 0) is 40.0 Å². The minimum Gasteiger partial charge on any atom is -0.388 e. The highest BCUT2D eigenvalue weighted by molar-refractivity contribution is 5.82. The van der Waals surface area contributed by atoms with E-state index in [-0.39, 0.29) is 5.91 Å². The summed E-state index contributed by atoms with van der Waals surface area (Å²) in [5.74, 6) is 0.173. The van der Waals surface area contributed by atoms with Crippen LogP contribution in [-0.4, -0.2) is 28.2 Å². The first-order chi connectivity index (χ1) is 6.97. The largest absolute Gasteiger partial charge is 0.388 e. The molecule has 0 aliphatic rings. The van der Waals surface area contributed by atoms with Gasteiger partial charge in [0, 0.05) is 0 Å². The van der Waals surface area contributed by atoms with Gasteiger partial charge in [0.05, 0.1) is 17.2 Å². The predicted molar refractivity (Wildman–Crippen MR) is 65.9 cm³/mol. The molecule has 16 heavy (non-hydrogen) atoms. The van der Waals surface area contributed by atoms with Crippen LogP contribution >= 0.6 is 0 Å². The van der Waals surface area contributed by atoms with Crippen LogP contribution in [0.4, 0.5) is 0 Å². The Morgan fingerprint density at radius 2 is 1.75 bits per heavy atom. The molecule has 4 heteroatoms. The zero-order valence-corrected chi connectivity index (χ0v) is 11.3. The van der Waals surface area contributed by atoms with Crippen LogP contribution in [0.2, 0.25) is 0 Å². The number of carbonyl (C=O) groups is 1. The Kier molecular flexibility index (Phi) is 4.95. The number of hydrogen-bond acceptors (Lipinski definition) is 3. The summed E-state index contributed by atoms with van der Waals surface area (Å²) in [6.07, 6.45) is 0.647. The van der Waals surface area contributed by atoms with Crippen LogP contribution in [0.15, 0.2) is 0 Å². The maximum atomic E-state index is 11.8. The molecule has 0 bridgehead atoms. The molecule has 4 N–H and O–H groups in total. The van der Waals surface area contributed by atoms with E-state index in [1.807, 2.05) is 13.8 Å². The van der Waals surface area contributed by atoms with Gasteiger partial charge in [0.2, 0.25) is 5.91 Å². The number of nitrogens with two attached hydrogens (primary N) is 1. The van der Waals surface area contributed by atoms with Gasteiger partial charge in [0.25, 0.3) is 0 Å². The highest BCUT2D eigenvalue weighted by atomic mass is 16.3. The molecular formula is C12H26N2O2. The molecule has 1 atom stereocenters. The summed E-state index contributed by atoms with van der Waals surface area (Å²) in [5, 5.41) is 12.7. The van der Waals surface area contributed by atoms with Gasteiger partial charge in [0.15, 0.2) is 0 Å². The molecule has 0 heterocycles. The standard InChI is InChI=1S/C12H26N2O2/c1-8(2)7-9(13)10(15)14-11(3,4)12(5,6)16/h8-9,16H,7,13H2,1-6H3,(H,14,15). The van der Waals surface area contributed by atoms with E-state index in [0.29, 0.717) is 12.3 Å². The zero-order chi connectivity index (χ0) is 13.1. The van der Waals surface area contributed by atoms with Crippen LogP contribution < -0.4 is 11.1 Å². The van der Waals surface area contributed by atoms with E-state index in [0.717, 1.165) is 0 Å². The van der Waals surface area contributed by atoms with E-state index in [2.05, 4.69) is 5.32 Å². The molecule has 0 radical (unpaired) electrons. The van der Waals surface area contributed by atoms with Gasteiger partial charge in [-0.1, -0.05) is 13.8 Å². The van der Waals surface area contributed by atoms with Gasteiger partial charge in [-0.15, -0.1) is 0 Å². The minimum atomic E-state index is -0.986. The SMILES string of the molecule is CC(C)CC(N)C(=O)NC(C)(C)C(C)(C)O. The second-order valence-electron chi connectivity index (χ2n) is 5.91. The van der Waals surface area contributed by atoms with E-state index in [9.17, 15) is 9.90 Å². The molecule has 0 aromatic carbocycles. The summed E-state index contributed by atoms with van der Waals surface area (Å²) >= 11 is 0. The summed E-state index contributed by atoms with van der Waals surface area (Å²) in [5.41, 5.74) is 4.09. The summed E-state index contributed by atoms with van der Waals surface area (Å²) in [4.78, 5) is 11.8. The first-order valence-corrected chi connectivity index (χ1v) is 5.77. The quantitative estimate of drug-likeness (QED) is 0.660. The van der Waals surface area contributed by atoms with Crippen molar-refractivity contribution in [2.24, 2.45) is 11.7 Å². The molecule has 0 spiro atoms. The number of rotatable bonds is 5. The fourth-order valence-electron chi connectivity index (χ4n) is 1.17. The maximum Gasteiger partial charge on any atom is 0.237 e. The van der Waals surface area contributed by atoms with Crippen molar-refractivity contribution in [1.29, 1.82) is 0 Å². The lowest BCUT2D eigenvalue weighted by Crippen LogP contribution is -2.60. The fraction of sp³-hybridized carbons (Fsp3) is 0.917. The van der Waals surface area contributed by atoms with Crippen molar-refractivity contribution in [3.63, 3.8) is 0 Å². The molecule has 0 aromatic rings. The summed E-state index contributed by atoms with van der Waals surface area (Å²) in [6.45, 7) is 10.9. The van der Waals surface area contributed by atoms with Gasteiger partial charge >= 0.3 is 0 Å². The number of aliphatic hydroxyl groups is 1. The highest BCUT2D eigenvalue weighted by Crippen LogP contribution is 2.20. The van der Waals surface area contributed by atoms with Crippen molar-refractivity contribution < 1.29 is 9.90 Å². The van der Waals surface area contributed by atoms with Crippen molar-refractivity contribution in [2.45, 2.75) is 65.1 Å². The first kappa shape index (κ1) is 15.4. The van der Waals surface area contributed by atoms with Crippen molar-refractivity contribution >= 4 is 5.91 Å². The molecule has 0 fully saturated rings. The predicted octanol–water partition coefficient (Wildman–Crippen LogP) is 1.03. The second-order valence-corrected chi connectivity index (χ2v) is 5.91. The molecule has 0 aromatic heterocycles. The highest BCUT2D eigenvalue weighted by Gasteiger charge is 2.37. The van der Waals surface area contributed by atoms with Crippen LogP contribution in [0.1, 0.15) is 48.0 Å². The number of amides is 1. The molecule has 0 aliphatic carbocycles. The average molecular weight is 230 g/mol. The Morgan fingerprint density at radius 3 is 2.06 bits per heavy atom. The summed E-state index contributed by atoms with van der Waals surface area (Å²) in [6, 6.07) is -0.512. The molecule has 1 unspecified atom stereocenters. The lowest BCUT2D eigenvalue weighted by atomic mass is 9.85. The van der Waals surface area contributed by atoms with Crippen molar-refractivity contribution in [2.75, 3.05) is 0 Å². The van der Waals surface area contributed by atoms with Crippen molar-refractivity contribution in [3.05, 3.63) is 0 Å². The second kappa shape index (κ2) is 5.15. The molecule has 0 saturated carbocycles. The van der Waals surface area contributed by atoms with Gasteiger partial charge in [-0.25, -0.2) is 0 Å². The van der Waals surface area contributed by atoms with Crippen LogP contribution in [0.25, 0.3) is 0 Å². The molecular weight excluding hydrogens is 204 g/mol. The smallest absolute Gasteiger partial charge is 0.237 e.